The average Bonchev–Trinajstić information content (AvgIpc) is 2.96. The molecular formula is C16H18O3S. The molecule has 0 aliphatic rings. The van der Waals surface area contributed by atoms with Gasteiger partial charge in [0.25, 0.3) is 0 Å². The smallest absolute Gasteiger partial charge is 0.198 e. The molecular weight excluding hydrogens is 272 g/mol. The van der Waals surface area contributed by atoms with Gasteiger partial charge in [-0.05, 0) is 36.2 Å². The fourth-order valence-electron chi connectivity index (χ4n) is 1.81. The molecule has 20 heavy (non-hydrogen) atoms. The van der Waals surface area contributed by atoms with Gasteiger partial charge in [-0.1, -0.05) is 19.1 Å². The second-order valence-corrected chi connectivity index (χ2v) is 5.56. The van der Waals surface area contributed by atoms with Crippen molar-refractivity contribution in [2.75, 3.05) is 13.7 Å². The molecule has 1 heterocycles. The van der Waals surface area contributed by atoms with Gasteiger partial charge in [0, 0.05) is 4.88 Å². The molecule has 0 spiro atoms. The SMILES string of the molecule is CCc1ccc(C(=O)COCc2cccc(OC)c2)s1. The van der Waals surface area contributed by atoms with Gasteiger partial charge in [-0.15, -0.1) is 11.3 Å². The van der Waals surface area contributed by atoms with Crippen LogP contribution in [0, 0.1) is 0 Å². The van der Waals surface area contributed by atoms with E-state index in [0.717, 1.165) is 22.6 Å². The number of aryl methyl sites for hydroxylation is 1. The summed E-state index contributed by atoms with van der Waals surface area (Å²) in [5.74, 6) is 0.834. The summed E-state index contributed by atoms with van der Waals surface area (Å²) >= 11 is 1.54. The molecule has 0 aliphatic heterocycles. The van der Waals surface area contributed by atoms with Crippen molar-refractivity contribution < 1.29 is 14.3 Å². The minimum absolute atomic E-state index is 0.0394. The van der Waals surface area contributed by atoms with Gasteiger partial charge in [-0.2, -0.15) is 0 Å². The maximum Gasteiger partial charge on any atom is 0.198 e. The van der Waals surface area contributed by atoms with E-state index in [-0.39, 0.29) is 12.4 Å². The third-order valence-corrected chi connectivity index (χ3v) is 4.19. The summed E-state index contributed by atoms with van der Waals surface area (Å²) in [6.07, 6.45) is 0.961. The Kier molecular flexibility index (Phi) is 5.32. The number of thiophene rings is 1. The van der Waals surface area contributed by atoms with E-state index in [9.17, 15) is 4.79 Å². The molecule has 4 heteroatoms. The molecule has 0 saturated carbocycles. The predicted octanol–water partition coefficient (Wildman–Crippen LogP) is 3.72. The molecule has 0 amide bonds. The Bertz CT molecular complexity index is 575. The summed E-state index contributed by atoms with van der Waals surface area (Å²) < 4.78 is 10.6. The third-order valence-electron chi connectivity index (χ3n) is 2.92. The molecule has 1 aromatic heterocycles. The summed E-state index contributed by atoms with van der Waals surface area (Å²) in [5.41, 5.74) is 0.998. The highest BCUT2D eigenvalue weighted by Gasteiger charge is 2.09. The first kappa shape index (κ1) is 14.8. The van der Waals surface area contributed by atoms with Crippen LogP contribution in [-0.2, 0) is 17.8 Å². The van der Waals surface area contributed by atoms with Gasteiger partial charge >= 0.3 is 0 Å². The molecule has 1 aromatic carbocycles. The summed E-state index contributed by atoms with van der Waals surface area (Å²) in [6.45, 7) is 2.61. The summed E-state index contributed by atoms with van der Waals surface area (Å²) in [6, 6.07) is 11.5. The van der Waals surface area contributed by atoms with Crippen LogP contribution >= 0.6 is 11.3 Å². The number of methoxy groups -OCH3 is 1. The zero-order valence-electron chi connectivity index (χ0n) is 11.7. The van der Waals surface area contributed by atoms with E-state index in [1.807, 2.05) is 36.4 Å². The minimum Gasteiger partial charge on any atom is -0.497 e. The Morgan fingerprint density at radius 2 is 2.10 bits per heavy atom. The van der Waals surface area contributed by atoms with Crippen molar-refractivity contribution in [1.29, 1.82) is 0 Å². The second-order valence-electron chi connectivity index (χ2n) is 4.39. The maximum absolute atomic E-state index is 11.9. The van der Waals surface area contributed by atoms with Crippen LogP contribution in [0.5, 0.6) is 5.75 Å². The van der Waals surface area contributed by atoms with Crippen LogP contribution in [0.2, 0.25) is 0 Å². The lowest BCUT2D eigenvalue weighted by Gasteiger charge is -2.05. The number of carbonyl (C=O) groups excluding carboxylic acids is 1. The van der Waals surface area contributed by atoms with Gasteiger partial charge in [0.05, 0.1) is 18.6 Å². The van der Waals surface area contributed by atoms with E-state index in [4.69, 9.17) is 9.47 Å². The standard InChI is InChI=1S/C16H18O3S/c1-3-14-7-8-16(20-14)15(17)11-19-10-12-5-4-6-13(9-12)18-2/h4-9H,3,10-11H2,1-2H3. The van der Waals surface area contributed by atoms with Crippen LogP contribution in [0.25, 0.3) is 0 Å². The van der Waals surface area contributed by atoms with Gasteiger partial charge < -0.3 is 9.47 Å². The first-order valence-electron chi connectivity index (χ1n) is 6.55. The number of hydrogen-bond donors (Lipinski definition) is 0. The molecule has 106 valence electrons. The summed E-state index contributed by atoms with van der Waals surface area (Å²) in [7, 11) is 1.63. The molecule has 0 N–H and O–H groups in total. The highest BCUT2D eigenvalue weighted by molar-refractivity contribution is 7.14. The monoisotopic (exact) mass is 290 g/mol. The topological polar surface area (TPSA) is 35.5 Å². The Morgan fingerprint density at radius 1 is 1.25 bits per heavy atom. The number of Topliss-reactive ketones (excluding diaryl/α,β-unsaturated/α-hetero) is 1. The lowest BCUT2D eigenvalue weighted by atomic mass is 10.2. The van der Waals surface area contributed by atoms with Gasteiger partial charge in [0.15, 0.2) is 5.78 Å². The number of rotatable bonds is 7. The quantitative estimate of drug-likeness (QED) is 0.729. The summed E-state index contributed by atoms with van der Waals surface area (Å²) in [5, 5.41) is 0. The van der Waals surface area contributed by atoms with Crippen LogP contribution < -0.4 is 4.74 Å². The number of ketones is 1. The molecule has 0 aliphatic carbocycles. The molecule has 0 radical (unpaired) electrons. The Hall–Kier alpha value is -1.65. The summed E-state index contributed by atoms with van der Waals surface area (Å²) in [4.78, 5) is 13.9. The van der Waals surface area contributed by atoms with E-state index >= 15 is 0 Å². The van der Waals surface area contributed by atoms with E-state index in [1.54, 1.807) is 18.4 Å². The van der Waals surface area contributed by atoms with Crippen LogP contribution in [0.3, 0.4) is 0 Å². The van der Waals surface area contributed by atoms with Crippen molar-refractivity contribution in [2.45, 2.75) is 20.0 Å². The zero-order valence-corrected chi connectivity index (χ0v) is 12.5. The molecule has 0 atom stereocenters. The molecule has 3 nitrogen and oxygen atoms in total. The van der Waals surface area contributed by atoms with Crippen molar-refractivity contribution in [1.82, 2.24) is 0 Å². The third kappa shape index (κ3) is 3.92. The molecule has 0 unspecified atom stereocenters. The van der Waals surface area contributed by atoms with Gasteiger partial charge in [0.1, 0.15) is 12.4 Å². The molecule has 2 aromatic rings. The normalized spacial score (nSPS) is 10.5. The van der Waals surface area contributed by atoms with Crippen LogP contribution in [0.15, 0.2) is 36.4 Å². The van der Waals surface area contributed by atoms with Crippen molar-refractivity contribution >= 4 is 17.1 Å². The van der Waals surface area contributed by atoms with Gasteiger partial charge in [-0.25, -0.2) is 0 Å². The minimum atomic E-state index is 0.0394. The fraction of sp³-hybridized carbons (Fsp3) is 0.312. The largest absolute Gasteiger partial charge is 0.497 e. The highest BCUT2D eigenvalue weighted by atomic mass is 32.1. The highest BCUT2D eigenvalue weighted by Crippen LogP contribution is 2.18. The Labute approximate surface area is 123 Å². The fourth-order valence-corrected chi connectivity index (χ4v) is 2.68. The van der Waals surface area contributed by atoms with Crippen molar-refractivity contribution in [3.8, 4) is 5.75 Å². The van der Waals surface area contributed by atoms with Crippen LogP contribution in [-0.4, -0.2) is 19.5 Å². The molecule has 0 bridgehead atoms. The van der Waals surface area contributed by atoms with Crippen molar-refractivity contribution in [3.63, 3.8) is 0 Å². The molecule has 2 rings (SSSR count). The average molecular weight is 290 g/mol. The van der Waals surface area contributed by atoms with Crippen molar-refractivity contribution in [3.05, 3.63) is 51.7 Å². The maximum atomic E-state index is 11.9. The van der Waals surface area contributed by atoms with E-state index in [0.29, 0.717) is 6.61 Å². The predicted molar refractivity (Wildman–Crippen MR) is 80.7 cm³/mol. The van der Waals surface area contributed by atoms with Gasteiger partial charge in [0.2, 0.25) is 0 Å². The second kappa shape index (κ2) is 7.22. The first-order valence-corrected chi connectivity index (χ1v) is 7.37. The number of carbonyl (C=O) groups is 1. The van der Waals surface area contributed by atoms with Crippen molar-refractivity contribution in [2.24, 2.45) is 0 Å². The van der Waals surface area contributed by atoms with Crippen LogP contribution in [0.1, 0.15) is 27.0 Å². The van der Waals surface area contributed by atoms with Crippen LogP contribution in [0.4, 0.5) is 0 Å². The Balaban J connectivity index is 1.84. The Morgan fingerprint density at radius 3 is 2.80 bits per heavy atom. The van der Waals surface area contributed by atoms with E-state index in [1.165, 1.54) is 4.88 Å². The van der Waals surface area contributed by atoms with Gasteiger partial charge in [-0.3, -0.25) is 4.79 Å². The number of benzene rings is 1. The zero-order chi connectivity index (χ0) is 14.4. The van der Waals surface area contributed by atoms with E-state index < -0.39 is 0 Å². The molecule has 0 saturated heterocycles. The lowest BCUT2D eigenvalue weighted by Crippen LogP contribution is -2.07. The lowest BCUT2D eigenvalue weighted by molar-refractivity contribution is 0.0730. The van der Waals surface area contributed by atoms with E-state index in [2.05, 4.69) is 6.92 Å². The number of hydrogen-bond acceptors (Lipinski definition) is 4. The molecule has 0 fully saturated rings. The first-order chi connectivity index (χ1) is 9.72. The number of ether oxygens (including phenoxy) is 2.